The van der Waals surface area contributed by atoms with E-state index in [1.54, 1.807) is 13.2 Å². The van der Waals surface area contributed by atoms with Crippen LogP contribution in [0.5, 0.6) is 5.75 Å². The second kappa shape index (κ2) is 9.00. The molecule has 0 saturated heterocycles. The number of ether oxygens (including phenoxy) is 1. The van der Waals surface area contributed by atoms with Crippen LogP contribution in [0.2, 0.25) is 0 Å². The minimum absolute atomic E-state index is 0.104. The molecule has 0 aliphatic heterocycles. The second-order valence-corrected chi connectivity index (χ2v) is 7.26. The zero-order chi connectivity index (χ0) is 19.3. The van der Waals surface area contributed by atoms with Crippen molar-refractivity contribution >= 4 is 44.9 Å². The molecule has 2 rings (SSSR count). The van der Waals surface area contributed by atoms with Crippen molar-refractivity contribution < 1.29 is 14.6 Å². The van der Waals surface area contributed by atoms with Crippen LogP contribution in [0.1, 0.15) is 29.2 Å². The number of carboxylic acid groups (broad SMARTS) is 1. The van der Waals surface area contributed by atoms with Crippen LogP contribution in [-0.4, -0.2) is 23.3 Å². The number of aliphatic carboxylic acids is 1. The van der Waals surface area contributed by atoms with Gasteiger partial charge >= 0.3 is 5.97 Å². The van der Waals surface area contributed by atoms with Crippen molar-refractivity contribution in [3.63, 3.8) is 0 Å². The van der Waals surface area contributed by atoms with E-state index < -0.39 is 12.0 Å². The van der Waals surface area contributed by atoms with Gasteiger partial charge in [0.25, 0.3) is 0 Å². The Kier molecular flexibility index (Phi) is 6.99. The predicted molar refractivity (Wildman–Crippen MR) is 111 cm³/mol. The molecule has 0 spiro atoms. The summed E-state index contributed by atoms with van der Waals surface area (Å²) in [6.45, 7) is 3.97. The third-order valence-corrected chi connectivity index (χ3v) is 4.59. The number of benzene rings is 2. The summed E-state index contributed by atoms with van der Waals surface area (Å²) >= 11 is 8.89. The number of carbonyl (C=O) groups is 1. The maximum atomic E-state index is 11.3. The van der Waals surface area contributed by atoms with Crippen molar-refractivity contribution in [1.82, 2.24) is 5.32 Å². The van der Waals surface area contributed by atoms with Gasteiger partial charge in [-0.25, -0.2) is 0 Å². The molecular formula is C19H21BrN2O3S. The normalized spacial score (nSPS) is 11.5. The highest BCUT2D eigenvalue weighted by atomic mass is 79.9. The largest absolute Gasteiger partial charge is 0.497 e. The Balaban J connectivity index is 2.20. The highest BCUT2D eigenvalue weighted by Gasteiger charge is 2.18. The first-order valence-corrected chi connectivity index (χ1v) is 9.20. The van der Waals surface area contributed by atoms with Crippen LogP contribution in [0.3, 0.4) is 0 Å². The number of halogens is 1. The number of anilines is 1. The first-order chi connectivity index (χ1) is 12.3. The molecule has 2 aromatic rings. The molecule has 7 heteroatoms. The summed E-state index contributed by atoms with van der Waals surface area (Å²) in [6, 6.07) is 10.8. The molecule has 26 heavy (non-hydrogen) atoms. The van der Waals surface area contributed by atoms with E-state index in [0.29, 0.717) is 10.9 Å². The molecule has 0 fully saturated rings. The zero-order valence-electron chi connectivity index (χ0n) is 14.8. The maximum Gasteiger partial charge on any atom is 0.305 e. The van der Waals surface area contributed by atoms with E-state index in [4.69, 9.17) is 17.0 Å². The van der Waals surface area contributed by atoms with Crippen molar-refractivity contribution in [3.05, 3.63) is 57.6 Å². The molecule has 5 nitrogen and oxygen atoms in total. The maximum absolute atomic E-state index is 11.3. The number of thiocarbonyl (C=S) groups is 1. The smallest absolute Gasteiger partial charge is 0.305 e. The predicted octanol–water partition coefficient (Wildman–Crippen LogP) is 4.58. The quantitative estimate of drug-likeness (QED) is 0.575. The first kappa shape index (κ1) is 20.2. The average molecular weight is 437 g/mol. The number of hydrogen-bond acceptors (Lipinski definition) is 3. The van der Waals surface area contributed by atoms with Gasteiger partial charge in [-0.3, -0.25) is 4.79 Å². The monoisotopic (exact) mass is 436 g/mol. The van der Waals surface area contributed by atoms with Gasteiger partial charge in [0.05, 0.1) is 19.6 Å². The lowest BCUT2D eigenvalue weighted by molar-refractivity contribution is -0.137. The zero-order valence-corrected chi connectivity index (χ0v) is 17.2. The molecule has 0 aromatic heterocycles. The minimum atomic E-state index is -0.913. The van der Waals surface area contributed by atoms with Crippen molar-refractivity contribution in [3.8, 4) is 5.75 Å². The molecule has 0 radical (unpaired) electrons. The average Bonchev–Trinajstić information content (AvgIpc) is 2.57. The van der Waals surface area contributed by atoms with Crippen molar-refractivity contribution in [2.24, 2.45) is 0 Å². The first-order valence-electron chi connectivity index (χ1n) is 8.00. The Bertz CT molecular complexity index is 803. The lowest BCUT2D eigenvalue weighted by Gasteiger charge is -2.22. The fourth-order valence-electron chi connectivity index (χ4n) is 2.70. The summed E-state index contributed by atoms with van der Waals surface area (Å²) in [4.78, 5) is 11.3. The standard InChI is InChI=1S/C19H21BrN2O3S/c1-11-7-14(20)8-12(2)18(11)22-19(26)21-16(10-17(23)24)13-5-4-6-15(9-13)25-3/h4-9,16H,10H2,1-3H3,(H,23,24)(H2,21,22,26)/t16-/m0/s1. The number of hydrogen-bond donors (Lipinski definition) is 3. The number of carboxylic acids is 1. The van der Waals surface area contributed by atoms with Gasteiger partial charge in [-0.05, 0) is 67.0 Å². The van der Waals surface area contributed by atoms with Gasteiger partial charge in [-0.2, -0.15) is 0 Å². The van der Waals surface area contributed by atoms with Gasteiger partial charge in [0, 0.05) is 10.2 Å². The molecule has 0 aliphatic carbocycles. The van der Waals surface area contributed by atoms with Gasteiger partial charge < -0.3 is 20.5 Å². The van der Waals surface area contributed by atoms with Gasteiger partial charge in [0.1, 0.15) is 5.75 Å². The van der Waals surface area contributed by atoms with E-state index in [2.05, 4.69) is 26.6 Å². The van der Waals surface area contributed by atoms with Crippen LogP contribution < -0.4 is 15.4 Å². The minimum Gasteiger partial charge on any atom is -0.497 e. The fraction of sp³-hybridized carbons (Fsp3) is 0.263. The molecule has 138 valence electrons. The fourth-order valence-corrected chi connectivity index (χ4v) is 3.63. The third kappa shape index (κ3) is 5.44. The van der Waals surface area contributed by atoms with Crippen molar-refractivity contribution in [2.45, 2.75) is 26.3 Å². The topological polar surface area (TPSA) is 70.6 Å². The SMILES string of the molecule is COc1cccc([C@H](CC(=O)O)NC(=S)Nc2c(C)cc(Br)cc2C)c1. The van der Waals surface area contributed by atoms with Gasteiger partial charge in [0.2, 0.25) is 0 Å². The molecule has 0 amide bonds. The molecule has 0 aliphatic rings. The summed E-state index contributed by atoms with van der Waals surface area (Å²) in [5, 5.41) is 15.9. The summed E-state index contributed by atoms with van der Waals surface area (Å²) < 4.78 is 6.22. The van der Waals surface area contributed by atoms with Gasteiger partial charge in [-0.1, -0.05) is 28.1 Å². The Morgan fingerprint density at radius 1 is 1.27 bits per heavy atom. The number of rotatable bonds is 6. The highest BCUT2D eigenvalue weighted by molar-refractivity contribution is 9.10. The van der Waals surface area contributed by atoms with E-state index in [9.17, 15) is 9.90 Å². The number of aryl methyl sites for hydroxylation is 2. The van der Waals surface area contributed by atoms with Gasteiger partial charge in [0.15, 0.2) is 5.11 Å². The number of nitrogens with one attached hydrogen (secondary N) is 2. The van der Waals surface area contributed by atoms with Crippen molar-refractivity contribution in [2.75, 3.05) is 12.4 Å². The Labute approximate surface area is 166 Å². The van der Waals surface area contributed by atoms with Gasteiger partial charge in [-0.15, -0.1) is 0 Å². The molecule has 0 unspecified atom stereocenters. The van der Waals surface area contributed by atoms with E-state index in [1.165, 1.54) is 0 Å². The Hall–Kier alpha value is -2.12. The van der Waals surface area contributed by atoms with E-state index in [-0.39, 0.29) is 6.42 Å². The Morgan fingerprint density at radius 3 is 2.50 bits per heavy atom. The lowest BCUT2D eigenvalue weighted by Crippen LogP contribution is -2.34. The molecule has 0 bridgehead atoms. The summed E-state index contributed by atoms with van der Waals surface area (Å²) in [5.41, 5.74) is 3.78. The molecule has 2 aromatic carbocycles. The molecule has 0 heterocycles. The van der Waals surface area contributed by atoms with Crippen LogP contribution in [-0.2, 0) is 4.79 Å². The lowest BCUT2D eigenvalue weighted by atomic mass is 10.0. The molecule has 1 atom stereocenters. The van der Waals surface area contributed by atoms with E-state index in [0.717, 1.165) is 26.9 Å². The van der Waals surface area contributed by atoms with E-state index >= 15 is 0 Å². The van der Waals surface area contributed by atoms with Crippen molar-refractivity contribution in [1.29, 1.82) is 0 Å². The summed E-state index contributed by atoms with van der Waals surface area (Å²) in [7, 11) is 1.57. The summed E-state index contributed by atoms with van der Waals surface area (Å²) in [6.07, 6.45) is -0.104. The third-order valence-electron chi connectivity index (χ3n) is 3.92. The number of methoxy groups -OCH3 is 1. The molecular weight excluding hydrogens is 416 g/mol. The van der Waals surface area contributed by atoms with Crippen LogP contribution in [0.25, 0.3) is 0 Å². The molecule has 3 N–H and O–H groups in total. The van der Waals surface area contributed by atoms with Crippen LogP contribution in [0.4, 0.5) is 5.69 Å². The van der Waals surface area contributed by atoms with Crippen LogP contribution in [0.15, 0.2) is 40.9 Å². The Morgan fingerprint density at radius 2 is 1.92 bits per heavy atom. The molecule has 0 saturated carbocycles. The van der Waals surface area contributed by atoms with Crippen LogP contribution in [0, 0.1) is 13.8 Å². The second-order valence-electron chi connectivity index (χ2n) is 5.94. The highest BCUT2D eigenvalue weighted by Crippen LogP contribution is 2.26. The van der Waals surface area contributed by atoms with E-state index in [1.807, 2.05) is 44.2 Å². The van der Waals surface area contributed by atoms with Crippen LogP contribution >= 0.6 is 28.1 Å². The summed E-state index contributed by atoms with van der Waals surface area (Å²) in [5.74, 6) is -0.248.